The molecule has 110 valence electrons. The Balaban J connectivity index is 1.73. The molecule has 2 aromatic rings. The first kappa shape index (κ1) is 14.3. The standard InChI is InChI=1S/C12H11BrClN5O2/c13-7-3-8(14)11(9(20)4-7)15-10(21)5-19-12(6-1-2-6)16-17-18-19/h3-4,6,20H,1-2,5H2,(H,15,21). The highest BCUT2D eigenvalue weighted by Gasteiger charge is 2.30. The monoisotopic (exact) mass is 371 g/mol. The number of phenols is 1. The second-order valence-electron chi connectivity index (χ2n) is 4.80. The van der Waals surface area contributed by atoms with Gasteiger partial charge in [-0.25, -0.2) is 4.68 Å². The van der Waals surface area contributed by atoms with Crippen LogP contribution in [0, 0.1) is 0 Å². The van der Waals surface area contributed by atoms with Crippen LogP contribution in [0.2, 0.25) is 5.02 Å². The quantitative estimate of drug-likeness (QED) is 0.803. The van der Waals surface area contributed by atoms with Crippen LogP contribution < -0.4 is 5.32 Å². The molecular formula is C12H11BrClN5O2. The number of halogens is 2. The zero-order chi connectivity index (χ0) is 15.0. The largest absolute Gasteiger partial charge is 0.506 e. The van der Waals surface area contributed by atoms with Crippen molar-refractivity contribution in [2.75, 3.05) is 5.32 Å². The van der Waals surface area contributed by atoms with Crippen LogP contribution in [-0.4, -0.2) is 31.2 Å². The highest BCUT2D eigenvalue weighted by Crippen LogP contribution is 2.38. The molecule has 0 unspecified atom stereocenters. The molecular weight excluding hydrogens is 362 g/mol. The molecule has 21 heavy (non-hydrogen) atoms. The van der Waals surface area contributed by atoms with E-state index in [2.05, 4.69) is 36.8 Å². The number of amides is 1. The number of phenolic OH excluding ortho intramolecular Hbond substituents is 1. The summed E-state index contributed by atoms with van der Waals surface area (Å²) in [6.45, 7) is -0.0231. The maximum absolute atomic E-state index is 12.1. The molecule has 0 aliphatic heterocycles. The summed E-state index contributed by atoms with van der Waals surface area (Å²) in [5, 5.41) is 24.0. The Morgan fingerprint density at radius 1 is 1.52 bits per heavy atom. The molecule has 1 aromatic carbocycles. The van der Waals surface area contributed by atoms with Gasteiger partial charge in [0.15, 0.2) is 5.82 Å². The van der Waals surface area contributed by atoms with E-state index in [4.69, 9.17) is 11.6 Å². The van der Waals surface area contributed by atoms with Crippen LogP contribution in [-0.2, 0) is 11.3 Å². The Morgan fingerprint density at radius 2 is 2.29 bits per heavy atom. The smallest absolute Gasteiger partial charge is 0.246 e. The van der Waals surface area contributed by atoms with Crippen molar-refractivity contribution >= 4 is 39.1 Å². The highest BCUT2D eigenvalue weighted by atomic mass is 79.9. The average molecular weight is 373 g/mol. The van der Waals surface area contributed by atoms with Gasteiger partial charge in [0.25, 0.3) is 0 Å². The van der Waals surface area contributed by atoms with E-state index < -0.39 is 0 Å². The lowest BCUT2D eigenvalue weighted by atomic mass is 10.3. The Kier molecular flexibility index (Phi) is 3.81. The van der Waals surface area contributed by atoms with Crippen molar-refractivity contribution in [1.82, 2.24) is 20.2 Å². The summed E-state index contributed by atoms with van der Waals surface area (Å²) < 4.78 is 2.09. The lowest BCUT2D eigenvalue weighted by molar-refractivity contribution is -0.117. The molecule has 1 saturated carbocycles. The Bertz CT molecular complexity index is 678. The SMILES string of the molecule is O=C(Cn1nnnc1C1CC1)Nc1c(O)cc(Br)cc1Cl. The number of hydrogen-bond acceptors (Lipinski definition) is 5. The number of hydrogen-bond donors (Lipinski definition) is 2. The van der Waals surface area contributed by atoms with Crippen LogP contribution in [0.15, 0.2) is 16.6 Å². The van der Waals surface area contributed by atoms with E-state index in [-0.39, 0.29) is 28.9 Å². The minimum atomic E-state index is -0.358. The van der Waals surface area contributed by atoms with E-state index in [9.17, 15) is 9.90 Å². The molecule has 1 aliphatic rings. The van der Waals surface area contributed by atoms with Crippen LogP contribution in [0.1, 0.15) is 24.6 Å². The predicted octanol–water partition coefficient (Wildman–Crippen LogP) is 2.31. The predicted molar refractivity (Wildman–Crippen MR) is 79.2 cm³/mol. The molecule has 1 fully saturated rings. The second-order valence-corrected chi connectivity index (χ2v) is 6.12. The summed E-state index contributed by atoms with van der Waals surface area (Å²) in [5.41, 5.74) is 0.172. The molecule has 0 radical (unpaired) electrons. The van der Waals surface area contributed by atoms with Gasteiger partial charge >= 0.3 is 0 Å². The number of rotatable bonds is 4. The van der Waals surface area contributed by atoms with E-state index >= 15 is 0 Å². The number of aromatic nitrogens is 4. The molecule has 1 heterocycles. The topological polar surface area (TPSA) is 92.9 Å². The van der Waals surface area contributed by atoms with Crippen LogP contribution in [0.3, 0.4) is 0 Å². The van der Waals surface area contributed by atoms with E-state index in [1.807, 2.05) is 0 Å². The van der Waals surface area contributed by atoms with Gasteiger partial charge in [-0.15, -0.1) is 5.10 Å². The number of nitrogens with zero attached hydrogens (tertiary/aromatic N) is 4. The fourth-order valence-corrected chi connectivity index (χ4v) is 2.80. The van der Waals surface area contributed by atoms with Crippen molar-refractivity contribution in [3.05, 3.63) is 27.5 Å². The molecule has 1 amide bonds. The van der Waals surface area contributed by atoms with Gasteiger partial charge in [0.2, 0.25) is 5.91 Å². The molecule has 1 aromatic heterocycles. The molecule has 1 aliphatic carbocycles. The minimum absolute atomic E-state index is 0.0231. The van der Waals surface area contributed by atoms with E-state index in [0.29, 0.717) is 10.4 Å². The van der Waals surface area contributed by atoms with Gasteiger partial charge < -0.3 is 10.4 Å². The van der Waals surface area contributed by atoms with Crippen molar-refractivity contribution in [2.24, 2.45) is 0 Å². The highest BCUT2D eigenvalue weighted by molar-refractivity contribution is 9.10. The van der Waals surface area contributed by atoms with E-state index in [1.54, 1.807) is 6.07 Å². The van der Waals surface area contributed by atoms with Crippen LogP contribution in [0.4, 0.5) is 5.69 Å². The maximum Gasteiger partial charge on any atom is 0.246 e. The number of benzene rings is 1. The van der Waals surface area contributed by atoms with Crippen molar-refractivity contribution in [2.45, 2.75) is 25.3 Å². The number of anilines is 1. The Labute approximate surface area is 133 Å². The molecule has 3 rings (SSSR count). The van der Waals surface area contributed by atoms with Crippen molar-refractivity contribution in [3.8, 4) is 5.75 Å². The van der Waals surface area contributed by atoms with E-state index in [1.165, 1.54) is 10.7 Å². The number of tetrazole rings is 1. The normalized spacial score (nSPS) is 14.2. The number of nitrogens with one attached hydrogen (secondary N) is 1. The Morgan fingerprint density at radius 3 is 2.95 bits per heavy atom. The first-order chi connectivity index (χ1) is 10.0. The summed E-state index contributed by atoms with van der Waals surface area (Å²) in [7, 11) is 0. The van der Waals surface area contributed by atoms with Crippen LogP contribution in [0.5, 0.6) is 5.75 Å². The lowest BCUT2D eigenvalue weighted by Gasteiger charge is -2.10. The first-order valence-corrected chi connectivity index (χ1v) is 7.45. The first-order valence-electron chi connectivity index (χ1n) is 6.28. The van der Waals surface area contributed by atoms with Crippen molar-refractivity contribution < 1.29 is 9.90 Å². The van der Waals surface area contributed by atoms with Gasteiger partial charge in [-0.3, -0.25) is 4.79 Å². The van der Waals surface area contributed by atoms with Crippen molar-refractivity contribution in [1.29, 1.82) is 0 Å². The fourth-order valence-electron chi connectivity index (χ4n) is 1.96. The lowest BCUT2D eigenvalue weighted by Crippen LogP contribution is -2.21. The Hall–Kier alpha value is -1.67. The van der Waals surface area contributed by atoms with Crippen molar-refractivity contribution in [3.63, 3.8) is 0 Å². The summed E-state index contributed by atoms with van der Waals surface area (Å²) in [5.74, 6) is 0.597. The van der Waals surface area contributed by atoms with Gasteiger partial charge in [-0.05, 0) is 35.4 Å². The molecule has 9 heteroatoms. The second kappa shape index (κ2) is 5.61. The minimum Gasteiger partial charge on any atom is -0.506 e. The van der Waals surface area contributed by atoms with Crippen LogP contribution in [0.25, 0.3) is 0 Å². The summed E-state index contributed by atoms with van der Waals surface area (Å²) in [6, 6.07) is 3.04. The van der Waals surface area contributed by atoms with Gasteiger partial charge in [0.1, 0.15) is 18.0 Å². The molecule has 2 N–H and O–H groups in total. The fraction of sp³-hybridized carbons (Fsp3) is 0.333. The zero-order valence-electron chi connectivity index (χ0n) is 10.8. The van der Waals surface area contributed by atoms with Gasteiger partial charge in [-0.1, -0.05) is 27.5 Å². The average Bonchev–Trinajstić information content (AvgIpc) is 3.15. The molecule has 0 atom stereocenters. The number of carbonyl (C=O) groups is 1. The summed E-state index contributed by atoms with van der Waals surface area (Å²) in [4.78, 5) is 12.1. The third-order valence-corrected chi connectivity index (χ3v) is 3.85. The number of aromatic hydroxyl groups is 1. The van der Waals surface area contributed by atoms with Gasteiger partial charge in [0.05, 0.1) is 5.02 Å². The summed E-state index contributed by atoms with van der Waals surface area (Å²) >= 11 is 9.21. The van der Waals surface area contributed by atoms with Crippen LogP contribution >= 0.6 is 27.5 Å². The molecule has 0 bridgehead atoms. The van der Waals surface area contributed by atoms with Gasteiger partial charge in [0, 0.05) is 10.4 Å². The molecule has 7 nitrogen and oxygen atoms in total. The zero-order valence-corrected chi connectivity index (χ0v) is 13.1. The number of carbonyl (C=O) groups excluding carboxylic acids is 1. The maximum atomic E-state index is 12.1. The summed E-state index contributed by atoms with van der Waals surface area (Å²) in [6.07, 6.45) is 2.09. The molecule has 0 saturated heterocycles. The third kappa shape index (κ3) is 3.16. The van der Waals surface area contributed by atoms with E-state index in [0.717, 1.165) is 18.7 Å². The van der Waals surface area contributed by atoms with Gasteiger partial charge in [-0.2, -0.15) is 0 Å². The molecule has 0 spiro atoms. The third-order valence-electron chi connectivity index (χ3n) is 3.09.